The van der Waals surface area contributed by atoms with Crippen LogP contribution in [0, 0.1) is 15.9 Å². The Balaban J connectivity index is 1.66. The lowest BCUT2D eigenvalue weighted by atomic mass is 9.98. The van der Waals surface area contributed by atoms with Gasteiger partial charge in [0.05, 0.1) is 4.92 Å². The van der Waals surface area contributed by atoms with Gasteiger partial charge in [-0.3, -0.25) is 15.0 Å². The van der Waals surface area contributed by atoms with Crippen LogP contribution < -0.4 is 5.32 Å². The second kappa shape index (κ2) is 5.69. The van der Waals surface area contributed by atoms with E-state index in [1.807, 2.05) is 0 Å². The largest absolute Gasteiger partial charge is 0.311 e. The standard InChI is InChI=1S/C15H20FN3O2/c1-18(13-7-11-3-4-12(8-13)17-11)9-10-2-5-15(19(20)21)14(16)6-10/h2,5-6,11-13,17H,3-4,7-9H2,1H3. The molecule has 1 N–H and O–H groups in total. The summed E-state index contributed by atoms with van der Waals surface area (Å²) in [4.78, 5) is 12.2. The zero-order valence-electron chi connectivity index (χ0n) is 12.1. The predicted molar refractivity (Wildman–Crippen MR) is 77.5 cm³/mol. The van der Waals surface area contributed by atoms with E-state index in [9.17, 15) is 14.5 Å². The van der Waals surface area contributed by atoms with E-state index in [0.29, 0.717) is 24.7 Å². The fourth-order valence-electron chi connectivity index (χ4n) is 3.60. The molecule has 3 rings (SSSR count). The summed E-state index contributed by atoms with van der Waals surface area (Å²) in [6.45, 7) is 0.624. The third kappa shape index (κ3) is 3.06. The highest BCUT2D eigenvalue weighted by molar-refractivity contribution is 5.35. The Morgan fingerprint density at radius 1 is 1.38 bits per heavy atom. The molecule has 2 heterocycles. The Morgan fingerprint density at radius 3 is 2.62 bits per heavy atom. The van der Waals surface area contributed by atoms with Gasteiger partial charge in [0, 0.05) is 30.7 Å². The van der Waals surface area contributed by atoms with Gasteiger partial charge in [0.15, 0.2) is 0 Å². The highest BCUT2D eigenvalue weighted by atomic mass is 19.1. The van der Waals surface area contributed by atoms with Crippen molar-refractivity contribution < 1.29 is 9.31 Å². The van der Waals surface area contributed by atoms with Crippen LogP contribution in [0.25, 0.3) is 0 Å². The van der Waals surface area contributed by atoms with Crippen LogP contribution in [0.1, 0.15) is 31.2 Å². The van der Waals surface area contributed by atoms with Crippen molar-refractivity contribution in [2.45, 2.75) is 50.4 Å². The van der Waals surface area contributed by atoms with Gasteiger partial charge < -0.3 is 5.32 Å². The molecule has 21 heavy (non-hydrogen) atoms. The van der Waals surface area contributed by atoms with Crippen molar-refractivity contribution in [1.82, 2.24) is 10.2 Å². The minimum Gasteiger partial charge on any atom is -0.311 e. The van der Waals surface area contributed by atoms with E-state index in [1.54, 1.807) is 6.07 Å². The summed E-state index contributed by atoms with van der Waals surface area (Å²) < 4.78 is 13.7. The van der Waals surface area contributed by atoms with E-state index in [-0.39, 0.29) is 0 Å². The van der Waals surface area contributed by atoms with Gasteiger partial charge in [0.2, 0.25) is 5.82 Å². The maximum atomic E-state index is 13.7. The van der Waals surface area contributed by atoms with Gasteiger partial charge in [-0.15, -0.1) is 0 Å². The highest BCUT2D eigenvalue weighted by Gasteiger charge is 2.35. The molecule has 0 saturated carbocycles. The average molecular weight is 293 g/mol. The Kier molecular flexibility index (Phi) is 3.91. The first-order chi connectivity index (χ1) is 10.0. The van der Waals surface area contributed by atoms with Gasteiger partial charge in [-0.2, -0.15) is 4.39 Å². The molecule has 0 amide bonds. The first-order valence-electron chi connectivity index (χ1n) is 7.42. The molecule has 2 aliphatic heterocycles. The van der Waals surface area contributed by atoms with E-state index in [2.05, 4.69) is 17.3 Å². The van der Waals surface area contributed by atoms with Gasteiger partial charge >= 0.3 is 5.69 Å². The smallest absolute Gasteiger partial charge is 0.304 e. The van der Waals surface area contributed by atoms with Gasteiger partial charge in [-0.05, 0) is 44.4 Å². The molecule has 2 fully saturated rings. The van der Waals surface area contributed by atoms with Gasteiger partial charge in [0.1, 0.15) is 0 Å². The monoisotopic (exact) mass is 293 g/mol. The number of hydrogen-bond acceptors (Lipinski definition) is 4. The van der Waals surface area contributed by atoms with E-state index < -0.39 is 16.4 Å². The quantitative estimate of drug-likeness (QED) is 0.684. The molecule has 1 aromatic carbocycles. The Morgan fingerprint density at radius 2 is 2.05 bits per heavy atom. The van der Waals surface area contributed by atoms with Crippen molar-refractivity contribution in [1.29, 1.82) is 0 Å². The number of nitrogens with one attached hydrogen (secondary N) is 1. The summed E-state index contributed by atoms with van der Waals surface area (Å²) in [7, 11) is 2.05. The minimum absolute atomic E-state index is 0.457. The third-order valence-corrected chi connectivity index (χ3v) is 4.71. The van der Waals surface area contributed by atoms with Crippen LogP contribution in [-0.4, -0.2) is 35.0 Å². The predicted octanol–water partition coefficient (Wildman–Crippen LogP) is 2.45. The van der Waals surface area contributed by atoms with Gasteiger partial charge in [-0.25, -0.2) is 0 Å². The lowest BCUT2D eigenvalue weighted by Gasteiger charge is -2.35. The van der Waals surface area contributed by atoms with E-state index in [0.717, 1.165) is 18.4 Å². The first kappa shape index (κ1) is 14.4. The van der Waals surface area contributed by atoms with Crippen LogP contribution in [0.5, 0.6) is 0 Å². The fraction of sp³-hybridized carbons (Fsp3) is 0.600. The fourth-order valence-corrected chi connectivity index (χ4v) is 3.60. The van der Waals surface area contributed by atoms with Crippen molar-refractivity contribution in [2.24, 2.45) is 0 Å². The topological polar surface area (TPSA) is 58.4 Å². The number of nitro groups is 1. The molecule has 1 aromatic rings. The van der Waals surface area contributed by atoms with Crippen molar-refractivity contribution in [3.63, 3.8) is 0 Å². The molecule has 0 aliphatic carbocycles. The number of hydrogen-bond donors (Lipinski definition) is 1. The number of nitrogens with zero attached hydrogens (tertiary/aromatic N) is 2. The van der Waals surface area contributed by atoms with E-state index >= 15 is 0 Å². The highest BCUT2D eigenvalue weighted by Crippen LogP contribution is 2.30. The molecule has 114 valence electrons. The van der Waals surface area contributed by atoms with Crippen molar-refractivity contribution in [3.8, 4) is 0 Å². The van der Waals surface area contributed by atoms with Crippen LogP contribution in [0.15, 0.2) is 18.2 Å². The molecule has 2 atom stereocenters. The summed E-state index contributed by atoms with van der Waals surface area (Å²) in [5.41, 5.74) is 0.327. The second-order valence-electron chi connectivity index (χ2n) is 6.22. The summed E-state index contributed by atoms with van der Waals surface area (Å²) in [6, 6.07) is 5.92. The van der Waals surface area contributed by atoms with Crippen LogP contribution in [0.2, 0.25) is 0 Å². The maximum Gasteiger partial charge on any atom is 0.304 e. The average Bonchev–Trinajstić information content (AvgIpc) is 2.77. The summed E-state index contributed by atoms with van der Waals surface area (Å²) >= 11 is 0. The molecule has 2 saturated heterocycles. The molecular weight excluding hydrogens is 273 g/mol. The normalized spacial score (nSPS) is 28.0. The van der Waals surface area contributed by atoms with E-state index in [1.165, 1.54) is 25.0 Å². The Bertz CT molecular complexity index is 540. The molecule has 2 bridgehead atoms. The summed E-state index contributed by atoms with van der Waals surface area (Å²) in [5.74, 6) is -0.753. The van der Waals surface area contributed by atoms with Gasteiger partial charge in [0.25, 0.3) is 0 Å². The second-order valence-corrected chi connectivity index (χ2v) is 6.22. The molecule has 6 heteroatoms. The molecule has 2 aliphatic rings. The SMILES string of the molecule is CN(Cc1ccc([N+](=O)[O-])c(F)c1)C1CC2CCC(C1)N2. The number of nitro benzene ring substituents is 1. The lowest BCUT2D eigenvalue weighted by molar-refractivity contribution is -0.387. The molecule has 0 spiro atoms. The Hall–Kier alpha value is -1.53. The number of benzene rings is 1. The molecule has 5 nitrogen and oxygen atoms in total. The molecule has 2 unspecified atom stereocenters. The number of halogens is 1. The summed E-state index contributed by atoms with van der Waals surface area (Å²) in [6.07, 6.45) is 4.76. The van der Waals surface area contributed by atoms with Gasteiger partial charge in [-0.1, -0.05) is 6.07 Å². The third-order valence-electron chi connectivity index (χ3n) is 4.71. The summed E-state index contributed by atoms with van der Waals surface area (Å²) in [5, 5.41) is 14.2. The lowest BCUT2D eigenvalue weighted by Crippen LogP contribution is -2.46. The van der Waals surface area contributed by atoms with Crippen molar-refractivity contribution in [2.75, 3.05) is 7.05 Å². The minimum atomic E-state index is -0.753. The zero-order chi connectivity index (χ0) is 15.0. The number of rotatable bonds is 4. The Labute approximate surface area is 123 Å². The number of fused-ring (bicyclic) bond motifs is 2. The molecule has 0 radical (unpaired) electrons. The molecule has 0 aromatic heterocycles. The van der Waals surface area contributed by atoms with Crippen molar-refractivity contribution >= 4 is 5.69 Å². The van der Waals surface area contributed by atoms with Crippen LogP contribution in [0.4, 0.5) is 10.1 Å². The van der Waals surface area contributed by atoms with Crippen LogP contribution in [-0.2, 0) is 6.54 Å². The first-order valence-corrected chi connectivity index (χ1v) is 7.42. The van der Waals surface area contributed by atoms with Crippen LogP contribution >= 0.6 is 0 Å². The number of piperidine rings is 1. The molecular formula is C15H20FN3O2. The maximum absolute atomic E-state index is 13.7. The van der Waals surface area contributed by atoms with Crippen LogP contribution in [0.3, 0.4) is 0 Å². The zero-order valence-corrected chi connectivity index (χ0v) is 12.1. The van der Waals surface area contributed by atoms with E-state index in [4.69, 9.17) is 0 Å². The van der Waals surface area contributed by atoms with Crippen molar-refractivity contribution in [3.05, 3.63) is 39.7 Å².